The molecule has 3 heteroatoms. The third-order valence-corrected chi connectivity index (χ3v) is 3.07. The average molecular weight is 272 g/mol. The molecule has 0 aliphatic carbocycles. The van der Waals surface area contributed by atoms with Crippen LogP contribution in [0.4, 0.5) is 4.39 Å². The van der Waals surface area contributed by atoms with Crippen molar-refractivity contribution >= 4 is 11.6 Å². The lowest BCUT2D eigenvalue weighted by Crippen LogP contribution is -2.42. The van der Waals surface area contributed by atoms with E-state index in [1.54, 1.807) is 6.07 Å². The van der Waals surface area contributed by atoms with Gasteiger partial charge in [0.05, 0.1) is 5.02 Å². The van der Waals surface area contributed by atoms with E-state index in [1.165, 1.54) is 6.07 Å². The third-order valence-electron chi connectivity index (χ3n) is 2.76. The molecule has 1 aromatic carbocycles. The fraction of sp³-hybridized carbons (Fsp3) is 0.600. The van der Waals surface area contributed by atoms with E-state index in [1.807, 2.05) is 6.07 Å². The summed E-state index contributed by atoms with van der Waals surface area (Å²) in [5.74, 6) is -0.339. The summed E-state index contributed by atoms with van der Waals surface area (Å²) in [6.07, 6.45) is 0.824. The molecule has 1 rings (SSSR count). The molecule has 0 unspecified atom stereocenters. The Balaban J connectivity index is 2.67. The predicted octanol–water partition coefficient (Wildman–Crippen LogP) is 4.44. The Kier molecular flexibility index (Phi) is 4.79. The van der Waals surface area contributed by atoms with Gasteiger partial charge in [0.2, 0.25) is 0 Å². The SMILES string of the molecule is CC(C)(CNC(C)(C)C)Cc1ccc(Cl)c(F)c1. The van der Waals surface area contributed by atoms with Crippen LogP contribution in [-0.4, -0.2) is 12.1 Å². The fourth-order valence-corrected chi connectivity index (χ4v) is 1.89. The van der Waals surface area contributed by atoms with E-state index in [0.717, 1.165) is 18.5 Å². The highest BCUT2D eigenvalue weighted by molar-refractivity contribution is 6.30. The van der Waals surface area contributed by atoms with Gasteiger partial charge in [0.1, 0.15) is 5.82 Å². The summed E-state index contributed by atoms with van der Waals surface area (Å²) in [6.45, 7) is 11.7. The second kappa shape index (κ2) is 5.58. The first-order valence-corrected chi connectivity index (χ1v) is 6.66. The minimum Gasteiger partial charge on any atom is -0.312 e. The van der Waals surface area contributed by atoms with Gasteiger partial charge in [-0.2, -0.15) is 0 Å². The van der Waals surface area contributed by atoms with Crippen LogP contribution in [0.2, 0.25) is 5.02 Å². The maximum atomic E-state index is 13.4. The first-order chi connectivity index (χ1) is 8.09. The summed E-state index contributed by atoms with van der Waals surface area (Å²) in [6, 6.07) is 5.05. The molecule has 0 heterocycles. The van der Waals surface area contributed by atoms with Crippen LogP contribution >= 0.6 is 11.6 Å². The van der Waals surface area contributed by atoms with Gasteiger partial charge in [-0.25, -0.2) is 4.39 Å². The van der Waals surface area contributed by atoms with E-state index in [-0.39, 0.29) is 21.8 Å². The molecular formula is C15H23ClFN. The molecule has 0 aliphatic rings. The van der Waals surface area contributed by atoms with Crippen LogP contribution in [0.3, 0.4) is 0 Å². The van der Waals surface area contributed by atoms with Crippen LogP contribution in [0.25, 0.3) is 0 Å². The Bertz CT molecular complexity index is 407. The van der Waals surface area contributed by atoms with Crippen LogP contribution in [0.5, 0.6) is 0 Å². The second-order valence-electron chi connectivity index (χ2n) is 6.69. The van der Waals surface area contributed by atoms with E-state index < -0.39 is 0 Å². The summed E-state index contributed by atoms with van der Waals surface area (Å²) < 4.78 is 13.4. The van der Waals surface area contributed by atoms with Crippen molar-refractivity contribution in [3.8, 4) is 0 Å². The van der Waals surface area contributed by atoms with Crippen LogP contribution < -0.4 is 5.32 Å². The molecular weight excluding hydrogens is 249 g/mol. The Morgan fingerprint density at radius 3 is 2.28 bits per heavy atom. The molecule has 0 amide bonds. The van der Waals surface area contributed by atoms with E-state index in [9.17, 15) is 4.39 Å². The van der Waals surface area contributed by atoms with Gasteiger partial charge in [-0.05, 0) is 50.3 Å². The van der Waals surface area contributed by atoms with Crippen molar-refractivity contribution in [1.82, 2.24) is 5.32 Å². The molecule has 1 aromatic rings. The maximum absolute atomic E-state index is 13.4. The Hall–Kier alpha value is -0.600. The molecule has 0 aromatic heterocycles. The molecule has 102 valence electrons. The highest BCUT2D eigenvalue weighted by atomic mass is 35.5. The zero-order valence-electron chi connectivity index (χ0n) is 11.9. The van der Waals surface area contributed by atoms with Gasteiger partial charge in [0.15, 0.2) is 0 Å². The molecule has 0 spiro atoms. The number of nitrogens with one attached hydrogen (secondary N) is 1. The number of halogens is 2. The lowest BCUT2D eigenvalue weighted by atomic mass is 9.85. The molecule has 1 nitrogen and oxygen atoms in total. The molecule has 0 fully saturated rings. The normalized spacial score (nSPS) is 12.8. The van der Waals surface area contributed by atoms with Crippen molar-refractivity contribution in [3.63, 3.8) is 0 Å². The molecule has 0 bridgehead atoms. The third kappa shape index (κ3) is 5.36. The quantitative estimate of drug-likeness (QED) is 0.854. The lowest BCUT2D eigenvalue weighted by Gasteiger charge is -2.30. The van der Waals surface area contributed by atoms with Crippen molar-refractivity contribution < 1.29 is 4.39 Å². The first-order valence-electron chi connectivity index (χ1n) is 6.28. The number of hydrogen-bond donors (Lipinski definition) is 1. The molecule has 0 saturated carbocycles. The first kappa shape index (κ1) is 15.5. The number of rotatable bonds is 4. The predicted molar refractivity (Wildman–Crippen MR) is 76.7 cm³/mol. The summed E-state index contributed by atoms with van der Waals surface area (Å²) in [5, 5.41) is 3.67. The molecule has 0 saturated heterocycles. The van der Waals surface area contributed by atoms with Gasteiger partial charge in [-0.15, -0.1) is 0 Å². The monoisotopic (exact) mass is 271 g/mol. The minimum absolute atomic E-state index is 0.0769. The zero-order valence-corrected chi connectivity index (χ0v) is 12.7. The molecule has 0 atom stereocenters. The molecule has 18 heavy (non-hydrogen) atoms. The van der Waals surface area contributed by atoms with Gasteiger partial charge in [-0.1, -0.05) is 31.5 Å². The summed E-state index contributed by atoms with van der Waals surface area (Å²) >= 11 is 5.69. The van der Waals surface area contributed by atoms with Crippen molar-refractivity contribution in [2.24, 2.45) is 5.41 Å². The van der Waals surface area contributed by atoms with Crippen LogP contribution in [0, 0.1) is 11.2 Å². The van der Waals surface area contributed by atoms with Crippen LogP contribution in [0.15, 0.2) is 18.2 Å². The molecule has 0 radical (unpaired) electrons. The van der Waals surface area contributed by atoms with Gasteiger partial charge in [0.25, 0.3) is 0 Å². The summed E-state index contributed by atoms with van der Waals surface area (Å²) in [4.78, 5) is 0. The summed E-state index contributed by atoms with van der Waals surface area (Å²) in [5.41, 5.74) is 1.16. The molecule has 1 N–H and O–H groups in total. The second-order valence-corrected chi connectivity index (χ2v) is 7.10. The van der Waals surface area contributed by atoms with Gasteiger partial charge >= 0.3 is 0 Å². The standard InChI is InChI=1S/C15H23ClFN/c1-14(2,3)18-10-15(4,5)9-11-6-7-12(16)13(17)8-11/h6-8,18H,9-10H2,1-5H3. The van der Waals surface area contributed by atoms with Crippen LogP contribution in [-0.2, 0) is 6.42 Å². The van der Waals surface area contributed by atoms with Crippen molar-refractivity contribution in [2.45, 2.75) is 46.6 Å². The molecule has 0 aliphatic heterocycles. The van der Waals surface area contributed by atoms with Crippen molar-refractivity contribution in [1.29, 1.82) is 0 Å². The smallest absolute Gasteiger partial charge is 0.142 e. The Morgan fingerprint density at radius 1 is 1.17 bits per heavy atom. The number of benzene rings is 1. The largest absolute Gasteiger partial charge is 0.312 e. The fourth-order valence-electron chi connectivity index (χ4n) is 1.77. The lowest BCUT2D eigenvalue weighted by molar-refractivity contribution is 0.288. The highest BCUT2D eigenvalue weighted by Crippen LogP contribution is 2.24. The van der Waals surface area contributed by atoms with E-state index >= 15 is 0 Å². The zero-order chi connectivity index (χ0) is 14.0. The van der Waals surface area contributed by atoms with E-state index in [4.69, 9.17) is 11.6 Å². The van der Waals surface area contributed by atoms with Gasteiger partial charge < -0.3 is 5.32 Å². The summed E-state index contributed by atoms with van der Waals surface area (Å²) in [7, 11) is 0. The van der Waals surface area contributed by atoms with Crippen molar-refractivity contribution in [2.75, 3.05) is 6.54 Å². The van der Waals surface area contributed by atoms with Crippen molar-refractivity contribution in [3.05, 3.63) is 34.6 Å². The van der Waals surface area contributed by atoms with E-state index in [2.05, 4.69) is 39.9 Å². The van der Waals surface area contributed by atoms with Gasteiger partial charge in [-0.3, -0.25) is 0 Å². The minimum atomic E-state index is -0.339. The topological polar surface area (TPSA) is 12.0 Å². The Morgan fingerprint density at radius 2 is 1.78 bits per heavy atom. The van der Waals surface area contributed by atoms with E-state index in [0.29, 0.717) is 0 Å². The Labute approximate surface area is 115 Å². The highest BCUT2D eigenvalue weighted by Gasteiger charge is 2.21. The number of hydrogen-bond acceptors (Lipinski definition) is 1. The van der Waals surface area contributed by atoms with Gasteiger partial charge in [0, 0.05) is 12.1 Å². The van der Waals surface area contributed by atoms with Crippen LogP contribution in [0.1, 0.15) is 40.2 Å². The maximum Gasteiger partial charge on any atom is 0.142 e. The average Bonchev–Trinajstić information content (AvgIpc) is 2.20.